The minimum atomic E-state index is -4.57. The van der Waals surface area contributed by atoms with Crippen molar-refractivity contribution in [3.05, 3.63) is 34.4 Å². The van der Waals surface area contributed by atoms with Crippen molar-refractivity contribution in [1.29, 1.82) is 0 Å². The average molecular weight is 336 g/mol. The molecule has 0 atom stereocenters. The number of hydrogen-bond acceptors (Lipinski definition) is 3. The van der Waals surface area contributed by atoms with Crippen LogP contribution in [-0.2, 0) is 26.3 Å². The summed E-state index contributed by atoms with van der Waals surface area (Å²) in [6, 6.07) is 0.702. The van der Waals surface area contributed by atoms with Gasteiger partial charge in [0.2, 0.25) is 0 Å². The highest BCUT2D eigenvalue weighted by Crippen LogP contribution is 2.29. The van der Waals surface area contributed by atoms with Crippen molar-refractivity contribution in [2.75, 3.05) is 0 Å². The Morgan fingerprint density at radius 1 is 1.45 bits per heavy atom. The Bertz CT molecular complexity index is 691. The number of nitrogens with zero attached hydrogens (tertiary/aromatic N) is 4. The zero-order chi connectivity index (χ0) is 16.5. The second kappa shape index (κ2) is 5.99. The number of carbonyl (C=O) groups is 1. The maximum absolute atomic E-state index is 12.7. The van der Waals surface area contributed by atoms with Gasteiger partial charge in [-0.25, -0.2) is 0 Å². The minimum Gasteiger partial charge on any atom is -0.345 e. The van der Waals surface area contributed by atoms with E-state index in [1.807, 2.05) is 6.92 Å². The number of carbonyl (C=O) groups excluding carboxylic acids is 1. The van der Waals surface area contributed by atoms with Gasteiger partial charge in [0.25, 0.3) is 5.91 Å². The van der Waals surface area contributed by atoms with Crippen molar-refractivity contribution in [1.82, 2.24) is 24.9 Å². The van der Waals surface area contributed by atoms with E-state index in [2.05, 4.69) is 15.5 Å². The largest absolute Gasteiger partial charge is 0.433 e. The van der Waals surface area contributed by atoms with Crippen LogP contribution in [0.4, 0.5) is 13.2 Å². The fourth-order valence-corrected chi connectivity index (χ4v) is 2.14. The summed E-state index contributed by atoms with van der Waals surface area (Å²) in [6.07, 6.45) is -3.13. The van der Waals surface area contributed by atoms with E-state index < -0.39 is 17.8 Å². The summed E-state index contributed by atoms with van der Waals surface area (Å²) < 4.78 is 40.2. The monoisotopic (exact) mass is 335 g/mol. The maximum Gasteiger partial charge on any atom is 0.433 e. The number of rotatable bonds is 4. The molecule has 0 spiro atoms. The van der Waals surface area contributed by atoms with E-state index in [4.69, 9.17) is 11.6 Å². The number of amides is 1. The van der Waals surface area contributed by atoms with Gasteiger partial charge >= 0.3 is 6.18 Å². The Hall–Kier alpha value is -2.03. The first-order valence-corrected chi connectivity index (χ1v) is 6.71. The fourth-order valence-electron chi connectivity index (χ4n) is 1.93. The summed E-state index contributed by atoms with van der Waals surface area (Å²) in [7, 11) is 1.13. The van der Waals surface area contributed by atoms with E-state index in [9.17, 15) is 18.0 Å². The molecule has 0 saturated carbocycles. The molecule has 0 aliphatic carbocycles. The third-order valence-electron chi connectivity index (χ3n) is 3.02. The van der Waals surface area contributed by atoms with E-state index in [1.54, 1.807) is 4.68 Å². The second-order valence-electron chi connectivity index (χ2n) is 4.47. The van der Waals surface area contributed by atoms with E-state index in [-0.39, 0.29) is 12.2 Å². The predicted octanol–water partition coefficient (Wildman–Crippen LogP) is 2.24. The fraction of sp³-hybridized carbons (Fsp3) is 0.417. The van der Waals surface area contributed by atoms with Crippen LogP contribution >= 0.6 is 11.6 Å². The van der Waals surface area contributed by atoms with E-state index in [0.29, 0.717) is 28.0 Å². The van der Waals surface area contributed by atoms with Gasteiger partial charge < -0.3 is 5.32 Å². The Morgan fingerprint density at radius 2 is 2.14 bits per heavy atom. The van der Waals surface area contributed by atoms with Crippen molar-refractivity contribution >= 4 is 17.5 Å². The lowest BCUT2D eigenvalue weighted by molar-refractivity contribution is -0.143. The number of nitrogens with one attached hydrogen (secondary N) is 1. The lowest BCUT2D eigenvalue weighted by atomic mass is 10.3. The first-order chi connectivity index (χ1) is 10.2. The van der Waals surface area contributed by atoms with Gasteiger partial charge in [-0.05, 0) is 6.92 Å². The van der Waals surface area contributed by atoms with Gasteiger partial charge in [-0.15, -0.1) is 0 Å². The maximum atomic E-state index is 12.7. The highest BCUT2D eigenvalue weighted by Gasteiger charge is 2.35. The van der Waals surface area contributed by atoms with Gasteiger partial charge in [0.15, 0.2) is 5.69 Å². The molecule has 0 aromatic carbocycles. The molecule has 10 heteroatoms. The Balaban J connectivity index is 2.12. The topological polar surface area (TPSA) is 64.7 Å². The zero-order valence-electron chi connectivity index (χ0n) is 11.8. The zero-order valence-corrected chi connectivity index (χ0v) is 12.5. The Labute approximate surface area is 128 Å². The number of aryl methyl sites for hydroxylation is 2. The van der Waals surface area contributed by atoms with Gasteiger partial charge in [0, 0.05) is 19.7 Å². The number of aromatic nitrogens is 4. The standard InChI is InChI=1S/C12H13ClF3N5O/c1-3-21-9(7(13)5-18-21)6-17-11(22)8-4-10(12(14,15)16)20(2)19-8/h4-5H,3,6H2,1-2H3,(H,17,22). The summed E-state index contributed by atoms with van der Waals surface area (Å²) in [4.78, 5) is 11.9. The smallest absolute Gasteiger partial charge is 0.345 e. The van der Waals surface area contributed by atoms with Crippen LogP contribution in [0.25, 0.3) is 0 Å². The lowest BCUT2D eigenvalue weighted by Gasteiger charge is -2.06. The van der Waals surface area contributed by atoms with Gasteiger partial charge in [0.1, 0.15) is 5.69 Å². The van der Waals surface area contributed by atoms with Crippen LogP contribution in [0.1, 0.15) is 28.8 Å². The molecule has 2 aromatic rings. The summed E-state index contributed by atoms with van der Waals surface area (Å²) >= 11 is 5.94. The molecule has 2 rings (SSSR count). The van der Waals surface area contributed by atoms with Gasteiger partial charge in [-0.1, -0.05) is 11.6 Å². The van der Waals surface area contributed by atoms with Crippen LogP contribution in [0.3, 0.4) is 0 Å². The summed E-state index contributed by atoms with van der Waals surface area (Å²) in [5.74, 6) is -0.717. The van der Waals surface area contributed by atoms with Gasteiger partial charge in [0.05, 0.1) is 23.5 Å². The average Bonchev–Trinajstić information content (AvgIpc) is 2.99. The van der Waals surface area contributed by atoms with Crippen LogP contribution in [-0.4, -0.2) is 25.5 Å². The summed E-state index contributed by atoms with van der Waals surface area (Å²) in [5, 5.41) is 10.4. The molecule has 0 saturated heterocycles. The molecule has 0 bridgehead atoms. The van der Waals surface area contributed by atoms with E-state index >= 15 is 0 Å². The van der Waals surface area contributed by atoms with Gasteiger partial charge in [-0.2, -0.15) is 23.4 Å². The highest BCUT2D eigenvalue weighted by molar-refractivity contribution is 6.31. The predicted molar refractivity (Wildman–Crippen MR) is 72.3 cm³/mol. The molecule has 0 unspecified atom stereocenters. The van der Waals surface area contributed by atoms with Crippen molar-refractivity contribution in [2.45, 2.75) is 26.2 Å². The van der Waals surface area contributed by atoms with E-state index in [0.717, 1.165) is 7.05 Å². The summed E-state index contributed by atoms with van der Waals surface area (Å²) in [5.41, 5.74) is -0.729. The normalized spacial score (nSPS) is 11.7. The molecule has 1 amide bonds. The summed E-state index contributed by atoms with van der Waals surface area (Å²) in [6.45, 7) is 2.45. The number of alkyl halides is 3. The molecule has 0 aliphatic rings. The van der Waals surface area contributed by atoms with Crippen LogP contribution in [0.2, 0.25) is 5.02 Å². The number of halogens is 4. The second-order valence-corrected chi connectivity index (χ2v) is 4.88. The molecule has 0 fully saturated rings. The molecular weight excluding hydrogens is 323 g/mol. The molecule has 1 N–H and O–H groups in total. The lowest BCUT2D eigenvalue weighted by Crippen LogP contribution is -2.25. The molecule has 0 radical (unpaired) electrons. The van der Waals surface area contributed by atoms with Crippen molar-refractivity contribution in [3.63, 3.8) is 0 Å². The highest BCUT2D eigenvalue weighted by atomic mass is 35.5. The molecular formula is C12H13ClF3N5O. The van der Waals surface area contributed by atoms with Crippen LogP contribution in [0.15, 0.2) is 12.3 Å². The number of hydrogen-bond donors (Lipinski definition) is 1. The van der Waals surface area contributed by atoms with Crippen molar-refractivity contribution < 1.29 is 18.0 Å². The molecule has 6 nitrogen and oxygen atoms in total. The van der Waals surface area contributed by atoms with Crippen LogP contribution < -0.4 is 5.32 Å². The first-order valence-electron chi connectivity index (χ1n) is 6.33. The molecule has 2 heterocycles. The van der Waals surface area contributed by atoms with Gasteiger partial charge in [-0.3, -0.25) is 14.2 Å². The molecule has 0 aliphatic heterocycles. The van der Waals surface area contributed by atoms with Crippen molar-refractivity contribution in [2.24, 2.45) is 7.05 Å². The molecule has 22 heavy (non-hydrogen) atoms. The Kier molecular flexibility index (Phi) is 4.45. The van der Waals surface area contributed by atoms with Crippen LogP contribution in [0, 0.1) is 0 Å². The SMILES string of the molecule is CCn1ncc(Cl)c1CNC(=O)c1cc(C(F)(F)F)n(C)n1. The van der Waals surface area contributed by atoms with Crippen LogP contribution in [0.5, 0.6) is 0 Å². The molecule has 120 valence electrons. The minimum absolute atomic E-state index is 0.0451. The third kappa shape index (κ3) is 3.24. The van der Waals surface area contributed by atoms with Crippen molar-refractivity contribution in [3.8, 4) is 0 Å². The van der Waals surface area contributed by atoms with E-state index in [1.165, 1.54) is 6.20 Å². The third-order valence-corrected chi connectivity index (χ3v) is 3.33. The Morgan fingerprint density at radius 3 is 2.68 bits per heavy atom. The first kappa shape index (κ1) is 16.3. The quantitative estimate of drug-likeness (QED) is 0.932. The molecule has 2 aromatic heterocycles.